The van der Waals surface area contributed by atoms with Crippen molar-refractivity contribution in [1.82, 2.24) is 9.55 Å². The van der Waals surface area contributed by atoms with Gasteiger partial charge in [0.2, 0.25) is 0 Å². The molecule has 0 bridgehead atoms. The van der Waals surface area contributed by atoms with Crippen molar-refractivity contribution in [2.45, 2.75) is 19.9 Å². The Morgan fingerprint density at radius 2 is 2.46 bits per heavy atom. The molecule has 0 aliphatic rings. The van der Waals surface area contributed by atoms with Crippen LogP contribution in [0.4, 0.5) is 0 Å². The zero-order valence-corrected chi connectivity index (χ0v) is 8.07. The molecule has 1 aromatic heterocycles. The molecule has 0 fully saturated rings. The summed E-state index contributed by atoms with van der Waals surface area (Å²) >= 11 is 0. The van der Waals surface area contributed by atoms with Crippen LogP contribution in [-0.2, 0) is 17.7 Å². The average Bonchev–Trinajstić information content (AvgIpc) is 2.54. The molecule has 0 aromatic carbocycles. The molecular weight excluding hydrogens is 166 g/mol. The van der Waals surface area contributed by atoms with Crippen LogP contribution in [0, 0.1) is 0 Å². The van der Waals surface area contributed by atoms with Gasteiger partial charge >= 0.3 is 0 Å². The molecule has 0 aliphatic heterocycles. The van der Waals surface area contributed by atoms with Crippen molar-refractivity contribution in [3.8, 4) is 0 Å². The van der Waals surface area contributed by atoms with Gasteiger partial charge in [0, 0.05) is 31.5 Å². The standard InChI is InChI=1S/C9H17N3O/c1-2-13-6-5-12-8-11-7-9(12)3-4-10/h7-8H,2-6,10H2,1H3. The van der Waals surface area contributed by atoms with E-state index in [2.05, 4.69) is 9.55 Å². The van der Waals surface area contributed by atoms with E-state index in [9.17, 15) is 0 Å². The van der Waals surface area contributed by atoms with Gasteiger partial charge in [-0.15, -0.1) is 0 Å². The molecule has 74 valence electrons. The number of imidazole rings is 1. The zero-order chi connectivity index (χ0) is 9.52. The maximum atomic E-state index is 5.47. The van der Waals surface area contributed by atoms with Gasteiger partial charge in [-0.1, -0.05) is 0 Å². The van der Waals surface area contributed by atoms with Crippen LogP contribution in [0.15, 0.2) is 12.5 Å². The number of ether oxygens (including phenoxy) is 1. The lowest BCUT2D eigenvalue weighted by atomic mass is 10.3. The monoisotopic (exact) mass is 183 g/mol. The highest BCUT2D eigenvalue weighted by atomic mass is 16.5. The molecule has 0 spiro atoms. The predicted molar refractivity (Wildman–Crippen MR) is 51.5 cm³/mol. The van der Waals surface area contributed by atoms with Crippen LogP contribution in [0.2, 0.25) is 0 Å². The van der Waals surface area contributed by atoms with Crippen molar-refractivity contribution < 1.29 is 4.74 Å². The molecule has 0 amide bonds. The topological polar surface area (TPSA) is 53.1 Å². The van der Waals surface area contributed by atoms with E-state index in [1.165, 1.54) is 5.69 Å². The van der Waals surface area contributed by atoms with Gasteiger partial charge in [-0.3, -0.25) is 0 Å². The van der Waals surface area contributed by atoms with E-state index in [0.717, 1.165) is 26.2 Å². The zero-order valence-electron chi connectivity index (χ0n) is 8.07. The van der Waals surface area contributed by atoms with Gasteiger partial charge in [0.1, 0.15) is 0 Å². The summed E-state index contributed by atoms with van der Waals surface area (Å²) < 4.78 is 7.35. The van der Waals surface area contributed by atoms with Crippen LogP contribution in [0.5, 0.6) is 0 Å². The Morgan fingerprint density at radius 3 is 3.15 bits per heavy atom. The van der Waals surface area contributed by atoms with Crippen LogP contribution in [-0.4, -0.2) is 29.3 Å². The smallest absolute Gasteiger partial charge is 0.0948 e. The first-order valence-corrected chi connectivity index (χ1v) is 4.65. The SMILES string of the molecule is CCOCCn1cncc1CCN. The Labute approximate surface area is 78.7 Å². The number of rotatable bonds is 6. The van der Waals surface area contributed by atoms with Gasteiger partial charge in [0.05, 0.1) is 12.9 Å². The molecule has 1 heterocycles. The summed E-state index contributed by atoms with van der Waals surface area (Å²) in [7, 11) is 0. The van der Waals surface area contributed by atoms with Crippen LogP contribution >= 0.6 is 0 Å². The lowest BCUT2D eigenvalue weighted by Gasteiger charge is -2.06. The minimum Gasteiger partial charge on any atom is -0.380 e. The van der Waals surface area contributed by atoms with Gasteiger partial charge in [0.25, 0.3) is 0 Å². The highest BCUT2D eigenvalue weighted by Gasteiger charge is 1.99. The highest BCUT2D eigenvalue weighted by Crippen LogP contribution is 1.99. The number of nitrogens with two attached hydrogens (primary N) is 1. The molecule has 1 aromatic rings. The van der Waals surface area contributed by atoms with Crippen molar-refractivity contribution in [2.75, 3.05) is 19.8 Å². The largest absolute Gasteiger partial charge is 0.380 e. The van der Waals surface area contributed by atoms with Gasteiger partial charge < -0.3 is 15.0 Å². The first kappa shape index (κ1) is 10.2. The molecule has 0 saturated heterocycles. The first-order valence-electron chi connectivity index (χ1n) is 4.65. The second-order valence-corrected chi connectivity index (χ2v) is 2.81. The van der Waals surface area contributed by atoms with Crippen molar-refractivity contribution in [1.29, 1.82) is 0 Å². The van der Waals surface area contributed by atoms with Crippen molar-refractivity contribution in [2.24, 2.45) is 5.73 Å². The van der Waals surface area contributed by atoms with E-state index in [0.29, 0.717) is 6.54 Å². The molecule has 0 unspecified atom stereocenters. The van der Waals surface area contributed by atoms with Crippen molar-refractivity contribution >= 4 is 0 Å². The van der Waals surface area contributed by atoms with E-state index >= 15 is 0 Å². The second kappa shape index (κ2) is 5.72. The third-order valence-electron chi connectivity index (χ3n) is 1.88. The van der Waals surface area contributed by atoms with E-state index in [4.69, 9.17) is 10.5 Å². The predicted octanol–water partition coefficient (Wildman–Crippen LogP) is 0.421. The summed E-state index contributed by atoms with van der Waals surface area (Å²) in [6.45, 7) is 5.03. The third kappa shape index (κ3) is 3.16. The molecule has 0 radical (unpaired) electrons. The number of hydrogen-bond donors (Lipinski definition) is 1. The van der Waals surface area contributed by atoms with Crippen molar-refractivity contribution in [3.63, 3.8) is 0 Å². The number of aromatic nitrogens is 2. The van der Waals surface area contributed by atoms with E-state index in [1.807, 2.05) is 19.4 Å². The molecule has 2 N–H and O–H groups in total. The molecule has 0 aliphatic carbocycles. The Morgan fingerprint density at radius 1 is 1.62 bits per heavy atom. The maximum absolute atomic E-state index is 5.47. The molecule has 1 rings (SSSR count). The van der Waals surface area contributed by atoms with E-state index < -0.39 is 0 Å². The van der Waals surface area contributed by atoms with Crippen LogP contribution in [0.1, 0.15) is 12.6 Å². The van der Waals surface area contributed by atoms with Gasteiger partial charge in [0.15, 0.2) is 0 Å². The Kier molecular flexibility index (Phi) is 4.49. The van der Waals surface area contributed by atoms with E-state index in [-0.39, 0.29) is 0 Å². The fraction of sp³-hybridized carbons (Fsp3) is 0.667. The van der Waals surface area contributed by atoms with Crippen LogP contribution < -0.4 is 5.73 Å². The molecular formula is C9H17N3O. The van der Waals surface area contributed by atoms with E-state index in [1.54, 1.807) is 0 Å². The fourth-order valence-electron chi connectivity index (χ4n) is 1.21. The normalized spacial score (nSPS) is 10.6. The average molecular weight is 183 g/mol. The summed E-state index contributed by atoms with van der Waals surface area (Å²) in [6.07, 6.45) is 4.56. The van der Waals surface area contributed by atoms with Gasteiger partial charge in [-0.25, -0.2) is 4.98 Å². The number of hydrogen-bond acceptors (Lipinski definition) is 3. The Hall–Kier alpha value is -0.870. The minimum atomic E-state index is 0.667. The molecule has 4 nitrogen and oxygen atoms in total. The van der Waals surface area contributed by atoms with Crippen LogP contribution in [0.25, 0.3) is 0 Å². The first-order chi connectivity index (χ1) is 6.38. The summed E-state index contributed by atoms with van der Waals surface area (Å²) in [5.41, 5.74) is 6.65. The van der Waals surface area contributed by atoms with Gasteiger partial charge in [-0.2, -0.15) is 0 Å². The minimum absolute atomic E-state index is 0.667. The summed E-state index contributed by atoms with van der Waals surface area (Å²) in [6, 6.07) is 0. The molecule has 0 saturated carbocycles. The quantitative estimate of drug-likeness (QED) is 0.650. The molecule has 4 heteroatoms. The number of nitrogens with zero attached hydrogens (tertiary/aromatic N) is 2. The fourth-order valence-corrected chi connectivity index (χ4v) is 1.21. The Balaban J connectivity index is 2.40. The summed E-state index contributed by atoms with van der Waals surface area (Å²) in [4.78, 5) is 4.07. The summed E-state index contributed by atoms with van der Waals surface area (Å²) in [5.74, 6) is 0. The maximum Gasteiger partial charge on any atom is 0.0948 e. The van der Waals surface area contributed by atoms with Crippen molar-refractivity contribution in [3.05, 3.63) is 18.2 Å². The lowest BCUT2D eigenvalue weighted by molar-refractivity contribution is 0.138. The second-order valence-electron chi connectivity index (χ2n) is 2.81. The van der Waals surface area contributed by atoms with Gasteiger partial charge in [-0.05, 0) is 13.5 Å². The lowest BCUT2D eigenvalue weighted by Crippen LogP contribution is -2.11. The summed E-state index contributed by atoms with van der Waals surface area (Å²) in [5, 5.41) is 0. The highest BCUT2D eigenvalue weighted by molar-refractivity contribution is 4.98. The molecule has 13 heavy (non-hydrogen) atoms. The molecule has 0 atom stereocenters. The van der Waals surface area contributed by atoms with Crippen LogP contribution in [0.3, 0.4) is 0 Å². The third-order valence-corrected chi connectivity index (χ3v) is 1.88. The Bertz CT molecular complexity index is 235.